The van der Waals surface area contributed by atoms with Crippen LogP contribution in [0.15, 0.2) is 17.5 Å². The fourth-order valence-electron chi connectivity index (χ4n) is 1.71. The highest BCUT2D eigenvalue weighted by Gasteiger charge is 2.27. The van der Waals surface area contributed by atoms with Crippen molar-refractivity contribution in [3.05, 3.63) is 22.4 Å². The van der Waals surface area contributed by atoms with Gasteiger partial charge in [0.15, 0.2) is 0 Å². The molecule has 1 aliphatic heterocycles. The number of aliphatic hydroxyl groups excluding tert-OH is 1. The summed E-state index contributed by atoms with van der Waals surface area (Å²) in [6.07, 6.45) is 0.238. The van der Waals surface area contributed by atoms with Gasteiger partial charge >= 0.3 is 0 Å². The minimum atomic E-state index is -0.684. The Morgan fingerprint density at radius 1 is 1.71 bits per heavy atom. The number of hydrogen-bond donors (Lipinski definition) is 3. The van der Waals surface area contributed by atoms with E-state index in [-0.39, 0.29) is 18.4 Å². The molecule has 2 heterocycles. The SMILES string of the molecule is O=C1CCC(C(=O)NCC(O)c2cccs2)N1. The normalized spacial score (nSPS) is 21.0. The third-order valence-corrected chi connectivity index (χ3v) is 3.63. The standard InChI is InChI=1S/C11H14N2O3S/c14-8(9-2-1-5-17-9)6-12-11(16)7-3-4-10(15)13-7/h1-2,5,7-8,14H,3-4,6H2,(H,12,16)(H,13,15). The quantitative estimate of drug-likeness (QED) is 0.717. The van der Waals surface area contributed by atoms with Gasteiger partial charge in [-0.25, -0.2) is 0 Å². The third kappa shape index (κ3) is 3.04. The fraction of sp³-hybridized carbons (Fsp3) is 0.455. The number of aliphatic hydroxyl groups is 1. The lowest BCUT2D eigenvalue weighted by Gasteiger charge is -2.13. The van der Waals surface area contributed by atoms with Gasteiger partial charge in [0.2, 0.25) is 11.8 Å². The van der Waals surface area contributed by atoms with E-state index in [9.17, 15) is 14.7 Å². The van der Waals surface area contributed by atoms with Crippen LogP contribution in [0.3, 0.4) is 0 Å². The van der Waals surface area contributed by atoms with Crippen LogP contribution >= 0.6 is 11.3 Å². The molecule has 2 atom stereocenters. The molecule has 1 saturated heterocycles. The van der Waals surface area contributed by atoms with Gasteiger partial charge < -0.3 is 15.7 Å². The molecule has 17 heavy (non-hydrogen) atoms. The summed E-state index contributed by atoms with van der Waals surface area (Å²) in [6, 6.07) is 3.22. The van der Waals surface area contributed by atoms with E-state index in [2.05, 4.69) is 10.6 Å². The van der Waals surface area contributed by atoms with Gasteiger partial charge in [-0.15, -0.1) is 11.3 Å². The second-order valence-electron chi connectivity index (χ2n) is 3.94. The van der Waals surface area contributed by atoms with Crippen LogP contribution in [0.4, 0.5) is 0 Å². The first-order valence-electron chi connectivity index (χ1n) is 5.45. The average Bonchev–Trinajstić information content (AvgIpc) is 2.95. The van der Waals surface area contributed by atoms with Crippen molar-refractivity contribution in [3.63, 3.8) is 0 Å². The van der Waals surface area contributed by atoms with Crippen molar-refractivity contribution in [3.8, 4) is 0 Å². The van der Waals surface area contributed by atoms with Gasteiger partial charge in [0, 0.05) is 17.8 Å². The van der Waals surface area contributed by atoms with Gasteiger partial charge in [-0.3, -0.25) is 9.59 Å². The lowest BCUT2D eigenvalue weighted by Crippen LogP contribution is -2.42. The number of amides is 2. The molecule has 6 heteroatoms. The van der Waals surface area contributed by atoms with Crippen molar-refractivity contribution in [2.75, 3.05) is 6.54 Å². The van der Waals surface area contributed by atoms with E-state index in [1.807, 2.05) is 17.5 Å². The molecule has 0 bridgehead atoms. The summed E-state index contributed by atoms with van der Waals surface area (Å²) in [5, 5.41) is 16.9. The Morgan fingerprint density at radius 3 is 3.12 bits per heavy atom. The van der Waals surface area contributed by atoms with Crippen LogP contribution in [0.5, 0.6) is 0 Å². The zero-order chi connectivity index (χ0) is 12.3. The zero-order valence-electron chi connectivity index (χ0n) is 9.18. The predicted octanol–water partition coefficient (Wildman–Crippen LogP) is 0.176. The Morgan fingerprint density at radius 2 is 2.53 bits per heavy atom. The molecule has 0 saturated carbocycles. The van der Waals surface area contributed by atoms with Crippen molar-refractivity contribution < 1.29 is 14.7 Å². The van der Waals surface area contributed by atoms with Gasteiger partial charge in [0.1, 0.15) is 12.1 Å². The lowest BCUT2D eigenvalue weighted by molar-refractivity contribution is -0.126. The molecule has 1 fully saturated rings. The van der Waals surface area contributed by atoms with Crippen molar-refractivity contribution in [1.29, 1.82) is 0 Å². The van der Waals surface area contributed by atoms with E-state index in [1.165, 1.54) is 11.3 Å². The molecule has 2 amide bonds. The molecule has 1 aromatic rings. The molecular formula is C11H14N2O3S. The minimum Gasteiger partial charge on any atom is -0.386 e. The smallest absolute Gasteiger partial charge is 0.242 e. The number of rotatable bonds is 4. The third-order valence-electron chi connectivity index (χ3n) is 2.65. The topological polar surface area (TPSA) is 78.4 Å². The first-order chi connectivity index (χ1) is 8.16. The van der Waals surface area contributed by atoms with E-state index >= 15 is 0 Å². The Kier molecular flexibility index (Phi) is 3.75. The van der Waals surface area contributed by atoms with Crippen LogP contribution in [-0.2, 0) is 9.59 Å². The Labute approximate surface area is 103 Å². The largest absolute Gasteiger partial charge is 0.386 e. The van der Waals surface area contributed by atoms with Crippen molar-refractivity contribution in [2.24, 2.45) is 0 Å². The fourth-order valence-corrected chi connectivity index (χ4v) is 2.42. The molecule has 0 aliphatic carbocycles. The van der Waals surface area contributed by atoms with Crippen LogP contribution in [-0.4, -0.2) is 29.5 Å². The van der Waals surface area contributed by atoms with Gasteiger partial charge in [-0.2, -0.15) is 0 Å². The van der Waals surface area contributed by atoms with Crippen molar-refractivity contribution in [1.82, 2.24) is 10.6 Å². The number of nitrogens with one attached hydrogen (secondary N) is 2. The van der Waals surface area contributed by atoms with Crippen molar-refractivity contribution in [2.45, 2.75) is 25.0 Å². The van der Waals surface area contributed by atoms with Crippen molar-refractivity contribution >= 4 is 23.2 Å². The highest BCUT2D eigenvalue weighted by molar-refractivity contribution is 7.10. The number of carbonyl (C=O) groups is 2. The van der Waals surface area contributed by atoms with Crippen LogP contribution in [0.1, 0.15) is 23.8 Å². The van der Waals surface area contributed by atoms with Crippen LogP contribution < -0.4 is 10.6 Å². The number of thiophene rings is 1. The summed E-state index contributed by atoms with van der Waals surface area (Å²) < 4.78 is 0. The average molecular weight is 254 g/mol. The van der Waals surface area contributed by atoms with Gasteiger partial charge in [-0.1, -0.05) is 6.07 Å². The molecule has 0 radical (unpaired) electrons. The second-order valence-corrected chi connectivity index (χ2v) is 4.91. The Bertz CT molecular complexity index is 405. The Hall–Kier alpha value is -1.40. The lowest BCUT2D eigenvalue weighted by atomic mass is 10.2. The monoisotopic (exact) mass is 254 g/mol. The number of hydrogen-bond acceptors (Lipinski definition) is 4. The van der Waals surface area contributed by atoms with Gasteiger partial charge in [0.05, 0.1) is 0 Å². The molecule has 2 rings (SSSR count). The maximum Gasteiger partial charge on any atom is 0.242 e. The highest BCUT2D eigenvalue weighted by atomic mass is 32.1. The first-order valence-corrected chi connectivity index (χ1v) is 6.33. The maximum atomic E-state index is 11.6. The molecule has 1 aliphatic rings. The van der Waals surface area contributed by atoms with Gasteiger partial charge in [0.25, 0.3) is 0 Å². The maximum absolute atomic E-state index is 11.6. The molecule has 0 spiro atoms. The highest BCUT2D eigenvalue weighted by Crippen LogP contribution is 2.17. The van der Waals surface area contributed by atoms with E-state index in [1.54, 1.807) is 0 Å². The van der Waals surface area contributed by atoms with E-state index < -0.39 is 12.1 Å². The molecule has 2 unspecified atom stereocenters. The minimum absolute atomic E-state index is 0.0936. The van der Waals surface area contributed by atoms with Gasteiger partial charge in [-0.05, 0) is 17.9 Å². The van der Waals surface area contributed by atoms with E-state index in [0.29, 0.717) is 12.8 Å². The molecular weight excluding hydrogens is 240 g/mol. The van der Waals surface area contributed by atoms with Crippen LogP contribution in [0, 0.1) is 0 Å². The summed E-state index contributed by atoms with van der Waals surface area (Å²) in [6.45, 7) is 0.172. The molecule has 1 aromatic heterocycles. The summed E-state index contributed by atoms with van der Waals surface area (Å²) in [4.78, 5) is 23.4. The van der Waals surface area contributed by atoms with Crippen LogP contribution in [0.25, 0.3) is 0 Å². The summed E-state index contributed by atoms with van der Waals surface area (Å²) in [5.41, 5.74) is 0. The molecule has 0 aromatic carbocycles. The second kappa shape index (κ2) is 5.29. The summed E-state index contributed by atoms with van der Waals surface area (Å²) in [7, 11) is 0. The predicted molar refractivity (Wildman–Crippen MR) is 63.5 cm³/mol. The summed E-state index contributed by atoms with van der Waals surface area (Å²) in [5.74, 6) is -0.324. The molecule has 3 N–H and O–H groups in total. The Balaban J connectivity index is 1.78. The number of carbonyl (C=O) groups excluding carboxylic acids is 2. The van der Waals surface area contributed by atoms with E-state index in [4.69, 9.17) is 0 Å². The zero-order valence-corrected chi connectivity index (χ0v) is 10.00. The van der Waals surface area contributed by atoms with E-state index in [0.717, 1.165) is 4.88 Å². The first kappa shape index (κ1) is 12.1. The van der Waals surface area contributed by atoms with Crippen LogP contribution in [0.2, 0.25) is 0 Å². The molecule has 5 nitrogen and oxygen atoms in total. The summed E-state index contributed by atoms with van der Waals surface area (Å²) >= 11 is 1.44. The molecule has 92 valence electrons.